The summed E-state index contributed by atoms with van der Waals surface area (Å²) in [6.45, 7) is 0.571. The smallest absolute Gasteiger partial charge is 0.252 e. The molecule has 2 aliphatic heterocycles. The van der Waals surface area contributed by atoms with E-state index in [1.54, 1.807) is 0 Å². The fraction of sp³-hybridized carbons (Fsp3) is 0.267. The summed E-state index contributed by atoms with van der Waals surface area (Å²) in [4.78, 5) is 12.2. The first-order valence-corrected chi connectivity index (χ1v) is 7.53. The van der Waals surface area contributed by atoms with Crippen LogP contribution in [0.2, 0.25) is 0 Å². The van der Waals surface area contributed by atoms with Crippen molar-refractivity contribution in [3.05, 3.63) is 59.4 Å². The fourth-order valence-corrected chi connectivity index (χ4v) is 2.76. The molecule has 3 rings (SSSR count). The van der Waals surface area contributed by atoms with Gasteiger partial charge in [0.15, 0.2) is 0 Å². The molecular formula is C15H15NO4S. The van der Waals surface area contributed by atoms with Gasteiger partial charge in [0.05, 0.1) is 24.4 Å². The standard InChI is InChI=1S/C15H15NO4S/c16-15-14(20-21-9-10-5-2-1-3-6-10)12(17)13(19-15)11-7-4-8-18-11/h1-3,5-7,13H,4,8-9,16H2. The Morgan fingerprint density at radius 1 is 1.33 bits per heavy atom. The Labute approximate surface area is 126 Å². The zero-order chi connectivity index (χ0) is 14.7. The molecule has 0 fully saturated rings. The lowest BCUT2D eigenvalue weighted by Gasteiger charge is -2.10. The van der Waals surface area contributed by atoms with Gasteiger partial charge in [-0.1, -0.05) is 30.3 Å². The topological polar surface area (TPSA) is 70.8 Å². The zero-order valence-electron chi connectivity index (χ0n) is 11.3. The van der Waals surface area contributed by atoms with E-state index in [0.29, 0.717) is 18.1 Å². The number of ether oxygens (including phenoxy) is 2. The third-order valence-corrected chi connectivity index (χ3v) is 3.87. The molecule has 1 unspecified atom stereocenters. The van der Waals surface area contributed by atoms with Gasteiger partial charge in [0.25, 0.3) is 5.78 Å². The number of nitrogens with two attached hydrogens (primary N) is 1. The summed E-state index contributed by atoms with van der Waals surface area (Å²) in [5, 5.41) is 0. The van der Waals surface area contributed by atoms with Crippen LogP contribution in [0.3, 0.4) is 0 Å². The van der Waals surface area contributed by atoms with Gasteiger partial charge in [-0.3, -0.25) is 4.79 Å². The number of carbonyl (C=O) groups is 1. The highest BCUT2D eigenvalue weighted by Gasteiger charge is 2.40. The molecule has 0 spiro atoms. The van der Waals surface area contributed by atoms with Crippen LogP contribution < -0.4 is 5.73 Å². The fourth-order valence-electron chi connectivity index (χ4n) is 2.09. The average Bonchev–Trinajstić information content (AvgIpc) is 3.11. The summed E-state index contributed by atoms with van der Waals surface area (Å²) >= 11 is 1.16. The van der Waals surface area contributed by atoms with Crippen LogP contribution in [0.5, 0.6) is 0 Å². The lowest BCUT2D eigenvalue weighted by molar-refractivity contribution is -0.122. The predicted molar refractivity (Wildman–Crippen MR) is 78.6 cm³/mol. The molecule has 2 N–H and O–H groups in total. The second kappa shape index (κ2) is 6.13. The number of hydrogen-bond acceptors (Lipinski definition) is 6. The molecule has 2 aliphatic rings. The third kappa shape index (κ3) is 3.00. The quantitative estimate of drug-likeness (QED) is 0.841. The first-order valence-electron chi connectivity index (χ1n) is 6.62. The van der Waals surface area contributed by atoms with Crippen molar-refractivity contribution >= 4 is 17.8 Å². The SMILES string of the molecule is NC1=C(OSCc2ccccc2)C(=O)C(C2=CCCO2)O1. The first-order chi connectivity index (χ1) is 10.3. The van der Waals surface area contributed by atoms with Crippen molar-refractivity contribution in [1.82, 2.24) is 0 Å². The molecule has 1 atom stereocenters. The van der Waals surface area contributed by atoms with E-state index in [1.165, 1.54) is 0 Å². The Balaban J connectivity index is 1.58. The van der Waals surface area contributed by atoms with Crippen molar-refractivity contribution in [2.24, 2.45) is 5.73 Å². The molecule has 0 bridgehead atoms. The Kier molecular flexibility index (Phi) is 4.06. The molecule has 0 aromatic heterocycles. The molecule has 0 saturated carbocycles. The summed E-state index contributed by atoms with van der Waals surface area (Å²) in [7, 11) is 0. The Hall–Kier alpha value is -2.08. The molecule has 0 amide bonds. The van der Waals surface area contributed by atoms with Gasteiger partial charge < -0.3 is 19.4 Å². The Morgan fingerprint density at radius 3 is 2.86 bits per heavy atom. The molecule has 110 valence electrons. The van der Waals surface area contributed by atoms with Crippen LogP contribution in [-0.4, -0.2) is 18.5 Å². The number of benzene rings is 1. The lowest BCUT2D eigenvalue weighted by Crippen LogP contribution is -2.21. The minimum Gasteiger partial charge on any atom is -0.493 e. The summed E-state index contributed by atoms with van der Waals surface area (Å²) in [6, 6.07) is 9.83. The Morgan fingerprint density at radius 2 is 2.14 bits per heavy atom. The maximum absolute atomic E-state index is 12.2. The van der Waals surface area contributed by atoms with Crippen LogP contribution in [-0.2, 0) is 24.2 Å². The Bertz CT molecular complexity index is 597. The van der Waals surface area contributed by atoms with Crippen LogP contribution in [0.25, 0.3) is 0 Å². The van der Waals surface area contributed by atoms with E-state index in [9.17, 15) is 4.79 Å². The highest BCUT2D eigenvalue weighted by atomic mass is 32.2. The molecule has 6 heteroatoms. The minimum atomic E-state index is -0.792. The van der Waals surface area contributed by atoms with E-state index >= 15 is 0 Å². The predicted octanol–water partition coefficient (Wildman–Crippen LogP) is 2.25. The minimum absolute atomic E-state index is 0.0157. The highest BCUT2D eigenvalue weighted by Crippen LogP contribution is 2.30. The lowest BCUT2D eigenvalue weighted by atomic mass is 10.2. The molecular weight excluding hydrogens is 290 g/mol. The van der Waals surface area contributed by atoms with Crippen molar-refractivity contribution in [3.8, 4) is 0 Å². The third-order valence-electron chi connectivity index (χ3n) is 3.13. The molecule has 21 heavy (non-hydrogen) atoms. The maximum Gasteiger partial charge on any atom is 0.252 e. The summed E-state index contributed by atoms with van der Waals surface area (Å²) in [5.41, 5.74) is 6.83. The van der Waals surface area contributed by atoms with E-state index in [2.05, 4.69) is 0 Å². The summed E-state index contributed by atoms with van der Waals surface area (Å²) < 4.78 is 16.1. The van der Waals surface area contributed by atoms with E-state index in [1.807, 2.05) is 36.4 Å². The summed E-state index contributed by atoms with van der Waals surface area (Å²) in [5.74, 6) is 0.935. The molecule has 0 saturated heterocycles. The van der Waals surface area contributed by atoms with Gasteiger partial charge in [0.2, 0.25) is 17.7 Å². The molecule has 5 nitrogen and oxygen atoms in total. The number of hydrogen-bond donors (Lipinski definition) is 1. The number of ketones is 1. The number of rotatable bonds is 5. The molecule has 0 radical (unpaired) electrons. The molecule has 1 aromatic carbocycles. The van der Waals surface area contributed by atoms with Gasteiger partial charge in [0, 0.05) is 6.42 Å². The van der Waals surface area contributed by atoms with Crippen LogP contribution in [0.1, 0.15) is 12.0 Å². The van der Waals surface area contributed by atoms with E-state index in [0.717, 1.165) is 24.0 Å². The van der Waals surface area contributed by atoms with Crippen molar-refractivity contribution in [2.75, 3.05) is 6.61 Å². The average molecular weight is 305 g/mol. The largest absolute Gasteiger partial charge is 0.493 e. The van der Waals surface area contributed by atoms with E-state index in [4.69, 9.17) is 19.4 Å². The molecule has 1 aromatic rings. The van der Waals surface area contributed by atoms with E-state index in [-0.39, 0.29) is 17.4 Å². The molecule has 2 heterocycles. The normalized spacial score (nSPS) is 21.0. The number of Topliss-reactive ketones (excluding diaryl/α,β-unsaturated/α-hetero) is 1. The van der Waals surface area contributed by atoms with Gasteiger partial charge in [-0.2, -0.15) is 0 Å². The second-order valence-electron chi connectivity index (χ2n) is 4.63. The van der Waals surface area contributed by atoms with Gasteiger partial charge in [-0.15, -0.1) is 0 Å². The van der Waals surface area contributed by atoms with Crippen molar-refractivity contribution in [2.45, 2.75) is 18.3 Å². The highest BCUT2D eigenvalue weighted by molar-refractivity contribution is 7.94. The van der Waals surface area contributed by atoms with E-state index < -0.39 is 6.10 Å². The molecule has 0 aliphatic carbocycles. The van der Waals surface area contributed by atoms with Gasteiger partial charge in [0.1, 0.15) is 5.76 Å². The van der Waals surface area contributed by atoms with Crippen LogP contribution in [0.4, 0.5) is 0 Å². The van der Waals surface area contributed by atoms with Crippen molar-refractivity contribution in [1.29, 1.82) is 0 Å². The first kappa shape index (κ1) is 13.9. The maximum atomic E-state index is 12.2. The van der Waals surface area contributed by atoms with Gasteiger partial charge in [-0.05, 0) is 11.6 Å². The zero-order valence-corrected chi connectivity index (χ0v) is 12.1. The van der Waals surface area contributed by atoms with Crippen molar-refractivity contribution in [3.63, 3.8) is 0 Å². The van der Waals surface area contributed by atoms with Gasteiger partial charge >= 0.3 is 0 Å². The monoisotopic (exact) mass is 305 g/mol. The van der Waals surface area contributed by atoms with Crippen LogP contribution >= 0.6 is 12.0 Å². The number of carbonyl (C=O) groups excluding carboxylic acids is 1. The van der Waals surface area contributed by atoms with Gasteiger partial charge in [-0.25, -0.2) is 0 Å². The van der Waals surface area contributed by atoms with Crippen LogP contribution in [0.15, 0.2) is 53.8 Å². The van der Waals surface area contributed by atoms with Crippen molar-refractivity contribution < 1.29 is 18.5 Å². The second-order valence-corrected chi connectivity index (χ2v) is 5.32. The summed E-state index contributed by atoms with van der Waals surface area (Å²) in [6.07, 6.45) is 1.83. The van der Waals surface area contributed by atoms with Crippen LogP contribution in [0, 0.1) is 0 Å².